The molecule has 0 saturated carbocycles. The Morgan fingerprint density at radius 3 is 2.61 bits per heavy atom. The normalized spacial score (nSPS) is 12.1. The highest BCUT2D eigenvalue weighted by Gasteiger charge is 2.09. The van der Waals surface area contributed by atoms with Crippen molar-refractivity contribution in [1.82, 2.24) is 0 Å². The molecule has 0 radical (unpaired) electrons. The lowest BCUT2D eigenvalue weighted by molar-refractivity contribution is 0.282. The highest BCUT2D eigenvalue weighted by Crippen LogP contribution is 2.26. The molecule has 0 aliphatic heterocycles. The molecule has 3 nitrogen and oxygen atoms in total. The number of hydrogen-bond donors (Lipinski definition) is 3. The standard InChI is InChI=1S/C15H17NO2/c1-11(14-7-2-3-8-15(14)18)16-13-6-4-5-12(9-13)10-17/h2-9,11,16-18H,10H2,1H3. The van der Waals surface area contributed by atoms with Gasteiger partial charge in [-0.25, -0.2) is 0 Å². The molecule has 0 saturated heterocycles. The molecule has 2 aromatic carbocycles. The zero-order valence-corrected chi connectivity index (χ0v) is 10.3. The topological polar surface area (TPSA) is 52.5 Å². The minimum atomic E-state index is 0.000132. The maximum Gasteiger partial charge on any atom is 0.120 e. The van der Waals surface area contributed by atoms with E-state index < -0.39 is 0 Å². The van der Waals surface area contributed by atoms with Gasteiger partial charge in [-0.15, -0.1) is 0 Å². The van der Waals surface area contributed by atoms with Gasteiger partial charge in [-0.05, 0) is 30.7 Å². The number of aliphatic hydroxyl groups excluding tert-OH is 1. The van der Waals surface area contributed by atoms with Crippen molar-refractivity contribution in [2.75, 3.05) is 5.32 Å². The summed E-state index contributed by atoms with van der Waals surface area (Å²) in [7, 11) is 0. The third-order valence-corrected chi connectivity index (χ3v) is 2.90. The Morgan fingerprint density at radius 1 is 1.11 bits per heavy atom. The van der Waals surface area contributed by atoms with Gasteiger partial charge >= 0.3 is 0 Å². The first kappa shape index (κ1) is 12.5. The fourth-order valence-corrected chi connectivity index (χ4v) is 1.94. The van der Waals surface area contributed by atoms with Crippen LogP contribution in [0, 0.1) is 0 Å². The maximum absolute atomic E-state index is 9.78. The average molecular weight is 243 g/mol. The van der Waals surface area contributed by atoms with Gasteiger partial charge < -0.3 is 15.5 Å². The van der Waals surface area contributed by atoms with E-state index in [2.05, 4.69) is 5.32 Å². The van der Waals surface area contributed by atoms with Crippen LogP contribution in [0.25, 0.3) is 0 Å². The summed E-state index contributed by atoms with van der Waals surface area (Å²) < 4.78 is 0. The summed E-state index contributed by atoms with van der Waals surface area (Å²) in [5, 5.41) is 22.2. The molecule has 0 bridgehead atoms. The van der Waals surface area contributed by atoms with Crippen LogP contribution in [0.5, 0.6) is 5.75 Å². The van der Waals surface area contributed by atoms with Crippen molar-refractivity contribution in [2.45, 2.75) is 19.6 Å². The molecule has 0 fully saturated rings. The molecule has 94 valence electrons. The largest absolute Gasteiger partial charge is 0.508 e. The van der Waals surface area contributed by atoms with Crippen molar-refractivity contribution >= 4 is 5.69 Å². The molecule has 0 heterocycles. The van der Waals surface area contributed by atoms with Crippen LogP contribution in [0.1, 0.15) is 24.1 Å². The summed E-state index contributed by atoms with van der Waals surface area (Å²) in [6, 6.07) is 14.9. The van der Waals surface area contributed by atoms with E-state index in [1.54, 1.807) is 12.1 Å². The molecule has 2 aromatic rings. The lowest BCUT2D eigenvalue weighted by Crippen LogP contribution is -2.06. The third-order valence-electron chi connectivity index (χ3n) is 2.90. The van der Waals surface area contributed by atoms with Crippen molar-refractivity contribution < 1.29 is 10.2 Å². The molecule has 3 N–H and O–H groups in total. The molecule has 0 amide bonds. The number of phenols is 1. The number of aromatic hydroxyl groups is 1. The summed E-state index contributed by atoms with van der Waals surface area (Å²) in [6.07, 6.45) is 0. The van der Waals surface area contributed by atoms with Gasteiger partial charge in [-0.2, -0.15) is 0 Å². The first-order valence-corrected chi connectivity index (χ1v) is 5.95. The van der Waals surface area contributed by atoms with Crippen LogP contribution in [0.3, 0.4) is 0 Å². The van der Waals surface area contributed by atoms with E-state index in [0.29, 0.717) is 0 Å². The third kappa shape index (κ3) is 2.81. The highest BCUT2D eigenvalue weighted by molar-refractivity contribution is 5.49. The molecule has 1 unspecified atom stereocenters. The molecular formula is C15H17NO2. The van der Waals surface area contributed by atoms with E-state index in [4.69, 9.17) is 5.11 Å². The molecule has 0 aliphatic carbocycles. The molecule has 2 rings (SSSR count). The number of hydrogen-bond acceptors (Lipinski definition) is 3. The highest BCUT2D eigenvalue weighted by atomic mass is 16.3. The summed E-state index contributed by atoms with van der Waals surface area (Å²) >= 11 is 0. The smallest absolute Gasteiger partial charge is 0.120 e. The molecule has 0 aliphatic rings. The van der Waals surface area contributed by atoms with Gasteiger partial charge in [0.25, 0.3) is 0 Å². The first-order valence-electron chi connectivity index (χ1n) is 5.95. The van der Waals surface area contributed by atoms with Gasteiger partial charge in [0.15, 0.2) is 0 Å². The van der Waals surface area contributed by atoms with Gasteiger partial charge in [-0.1, -0.05) is 30.3 Å². The fraction of sp³-hybridized carbons (Fsp3) is 0.200. The quantitative estimate of drug-likeness (QED) is 0.773. The van der Waals surface area contributed by atoms with E-state index in [0.717, 1.165) is 16.8 Å². The second-order valence-corrected chi connectivity index (χ2v) is 4.28. The van der Waals surface area contributed by atoms with Crippen LogP contribution in [0.2, 0.25) is 0 Å². The summed E-state index contributed by atoms with van der Waals surface area (Å²) in [4.78, 5) is 0. The summed E-state index contributed by atoms with van der Waals surface area (Å²) in [5.41, 5.74) is 2.65. The monoisotopic (exact) mass is 243 g/mol. The van der Waals surface area contributed by atoms with E-state index in [1.165, 1.54) is 0 Å². The van der Waals surface area contributed by atoms with Gasteiger partial charge in [0.1, 0.15) is 5.75 Å². The predicted octanol–water partition coefficient (Wildman–Crippen LogP) is 3.06. The predicted molar refractivity (Wildman–Crippen MR) is 72.5 cm³/mol. The zero-order chi connectivity index (χ0) is 13.0. The van der Waals surface area contributed by atoms with Crippen LogP contribution in [-0.4, -0.2) is 10.2 Å². The second kappa shape index (κ2) is 5.56. The van der Waals surface area contributed by atoms with Crippen molar-refractivity contribution in [1.29, 1.82) is 0 Å². The van der Waals surface area contributed by atoms with E-state index in [1.807, 2.05) is 43.3 Å². The van der Waals surface area contributed by atoms with Crippen LogP contribution in [0.4, 0.5) is 5.69 Å². The number of benzene rings is 2. The molecule has 18 heavy (non-hydrogen) atoms. The fourth-order valence-electron chi connectivity index (χ4n) is 1.94. The molecule has 0 aromatic heterocycles. The minimum Gasteiger partial charge on any atom is -0.508 e. The Bertz CT molecular complexity index is 525. The van der Waals surface area contributed by atoms with Crippen LogP contribution >= 0.6 is 0 Å². The van der Waals surface area contributed by atoms with Gasteiger partial charge in [0, 0.05) is 11.3 Å². The van der Waals surface area contributed by atoms with Crippen molar-refractivity contribution in [3.63, 3.8) is 0 Å². The van der Waals surface area contributed by atoms with Gasteiger partial charge in [0.2, 0.25) is 0 Å². The second-order valence-electron chi connectivity index (χ2n) is 4.28. The average Bonchev–Trinajstić information content (AvgIpc) is 2.39. The zero-order valence-electron chi connectivity index (χ0n) is 10.3. The van der Waals surface area contributed by atoms with E-state index in [9.17, 15) is 5.11 Å². The lowest BCUT2D eigenvalue weighted by Gasteiger charge is -2.17. The van der Waals surface area contributed by atoms with Crippen molar-refractivity contribution in [2.24, 2.45) is 0 Å². The van der Waals surface area contributed by atoms with E-state index >= 15 is 0 Å². The number of aliphatic hydroxyl groups is 1. The Labute approximate surface area is 107 Å². The van der Waals surface area contributed by atoms with Crippen LogP contribution in [0.15, 0.2) is 48.5 Å². The van der Waals surface area contributed by atoms with Crippen molar-refractivity contribution in [3.8, 4) is 5.75 Å². The minimum absolute atomic E-state index is 0.000132. The molecular weight excluding hydrogens is 226 g/mol. The number of para-hydroxylation sites is 1. The Balaban J connectivity index is 2.16. The van der Waals surface area contributed by atoms with Crippen LogP contribution in [-0.2, 0) is 6.61 Å². The Kier molecular flexibility index (Phi) is 3.85. The maximum atomic E-state index is 9.78. The lowest BCUT2D eigenvalue weighted by atomic mass is 10.1. The van der Waals surface area contributed by atoms with Crippen molar-refractivity contribution in [3.05, 3.63) is 59.7 Å². The Hall–Kier alpha value is -2.00. The number of rotatable bonds is 4. The number of phenolic OH excluding ortho intramolecular Hbond substituents is 1. The van der Waals surface area contributed by atoms with Gasteiger partial charge in [0.05, 0.1) is 12.6 Å². The SMILES string of the molecule is CC(Nc1cccc(CO)c1)c1ccccc1O. The number of anilines is 1. The molecule has 1 atom stereocenters. The molecule has 0 spiro atoms. The Morgan fingerprint density at radius 2 is 1.89 bits per heavy atom. The number of nitrogens with one attached hydrogen (secondary N) is 1. The summed E-state index contributed by atoms with van der Waals surface area (Å²) in [6.45, 7) is 2.02. The summed E-state index contributed by atoms with van der Waals surface area (Å²) in [5.74, 6) is 0.288. The van der Waals surface area contributed by atoms with Crippen LogP contribution < -0.4 is 5.32 Å². The first-order chi connectivity index (χ1) is 8.70. The van der Waals surface area contributed by atoms with Gasteiger partial charge in [-0.3, -0.25) is 0 Å². The van der Waals surface area contributed by atoms with E-state index in [-0.39, 0.29) is 18.4 Å². The molecule has 3 heteroatoms.